The van der Waals surface area contributed by atoms with Gasteiger partial charge in [0.15, 0.2) is 5.13 Å². The third kappa shape index (κ3) is 3.55. The van der Waals surface area contributed by atoms with Crippen LogP contribution >= 0.6 is 11.3 Å². The first-order valence-corrected chi connectivity index (χ1v) is 8.73. The lowest BCUT2D eigenvalue weighted by molar-refractivity contribution is -0.143. The van der Waals surface area contributed by atoms with Crippen molar-refractivity contribution in [2.45, 2.75) is 38.6 Å². The van der Waals surface area contributed by atoms with Gasteiger partial charge < -0.3 is 9.64 Å². The van der Waals surface area contributed by atoms with Gasteiger partial charge in [0.25, 0.3) is 0 Å². The van der Waals surface area contributed by atoms with E-state index in [1.807, 2.05) is 6.92 Å². The second-order valence-corrected chi connectivity index (χ2v) is 6.54. The molecule has 6 heteroatoms. The summed E-state index contributed by atoms with van der Waals surface area (Å²) >= 11 is 1.70. The predicted molar refractivity (Wildman–Crippen MR) is 83.9 cm³/mol. The molecule has 116 valence electrons. The molecule has 0 N–H and O–H groups in total. The van der Waals surface area contributed by atoms with E-state index in [0.717, 1.165) is 30.5 Å². The van der Waals surface area contributed by atoms with E-state index in [1.54, 1.807) is 11.3 Å². The number of aromatic nitrogens is 1. The smallest absolute Gasteiger partial charge is 0.306 e. The molecule has 2 aliphatic heterocycles. The number of anilines is 1. The van der Waals surface area contributed by atoms with E-state index < -0.39 is 0 Å². The maximum Gasteiger partial charge on any atom is 0.306 e. The van der Waals surface area contributed by atoms with Gasteiger partial charge in [-0.3, -0.25) is 9.69 Å². The van der Waals surface area contributed by atoms with Crippen LogP contribution in [0.1, 0.15) is 31.9 Å². The van der Waals surface area contributed by atoms with Gasteiger partial charge in [0.2, 0.25) is 0 Å². The van der Waals surface area contributed by atoms with E-state index in [-0.39, 0.29) is 5.97 Å². The highest BCUT2D eigenvalue weighted by molar-refractivity contribution is 7.13. The molecule has 3 heterocycles. The Bertz CT molecular complexity index is 491. The van der Waals surface area contributed by atoms with Crippen molar-refractivity contribution in [2.24, 2.45) is 0 Å². The first-order chi connectivity index (χ1) is 10.3. The van der Waals surface area contributed by atoms with Crippen LogP contribution in [0.3, 0.4) is 0 Å². The topological polar surface area (TPSA) is 45.7 Å². The van der Waals surface area contributed by atoms with Gasteiger partial charge in [-0.1, -0.05) is 0 Å². The molecular formula is C15H23N3O2S. The molecule has 2 aliphatic rings. The summed E-state index contributed by atoms with van der Waals surface area (Å²) in [6.45, 7) is 6.88. The van der Waals surface area contributed by atoms with Crippen molar-refractivity contribution in [2.75, 3.05) is 37.7 Å². The summed E-state index contributed by atoms with van der Waals surface area (Å²) in [7, 11) is 0. The maximum atomic E-state index is 11.4. The van der Waals surface area contributed by atoms with Crippen LogP contribution in [0.25, 0.3) is 0 Å². The van der Waals surface area contributed by atoms with Crippen molar-refractivity contribution in [1.82, 2.24) is 9.88 Å². The zero-order valence-corrected chi connectivity index (χ0v) is 13.4. The molecule has 0 spiro atoms. The van der Waals surface area contributed by atoms with Crippen LogP contribution in [0.5, 0.6) is 0 Å². The van der Waals surface area contributed by atoms with Gasteiger partial charge in [-0.15, -0.1) is 11.3 Å². The highest BCUT2D eigenvalue weighted by atomic mass is 32.1. The first kappa shape index (κ1) is 14.8. The number of esters is 1. The predicted octanol–water partition coefficient (Wildman–Crippen LogP) is 1.92. The van der Waals surface area contributed by atoms with Crippen molar-refractivity contribution in [3.05, 3.63) is 11.1 Å². The minimum atomic E-state index is -0.133. The van der Waals surface area contributed by atoms with E-state index in [9.17, 15) is 4.79 Å². The summed E-state index contributed by atoms with van der Waals surface area (Å²) in [6, 6.07) is 0.714. The van der Waals surface area contributed by atoms with Crippen LogP contribution in [0.2, 0.25) is 0 Å². The third-order valence-corrected chi connectivity index (χ3v) is 5.24. The maximum absolute atomic E-state index is 11.4. The number of ether oxygens (including phenoxy) is 1. The Balaban J connectivity index is 1.54. The standard InChI is InChI=1S/C15H23N3O2S/c1-2-20-14(19)6-5-12-11-21-15(16-12)18-9-8-17-7-3-4-13(17)10-18/h11,13H,2-10H2,1H3. The third-order valence-electron chi connectivity index (χ3n) is 4.29. The zero-order chi connectivity index (χ0) is 14.7. The summed E-state index contributed by atoms with van der Waals surface area (Å²) in [5.74, 6) is -0.133. The van der Waals surface area contributed by atoms with E-state index in [0.29, 0.717) is 25.5 Å². The van der Waals surface area contributed by atoms with Crippen molar-refractivity contribution >= 4 is 22.4 Å². The lowest BCUT2D eigenvalue weighted by Crippen LogP contribution is -2.50. The molecule has 21 heavy (non-hydrogen) atoms. The van der Waals surface area contributed by atoms with E-state index in [4.69, 9.17) is 9.72 Å². The zero-order valence-electron chi connectivity index (χ0n) is 12.6. The summed E-state index contributed by atoms with van der Waals surface area (Å²) in [5.41, 5.74) is 1.01. The second kappa shape index (κ2) is 6.75. The molecule has 2 fully saturated rings. The number of carbonyl (C=O) groups is 1. The van der Waals surface area contributed by atoms with Gasteiger partial charge in [-0.2, -0.15) is 0 Å². The largest absolute Gasteiger partial charge is 0.466 e. The van der Waals surface area contributed by atoms with Crippen LogP contribution in [0.15, 0.2) is 5.38 Å². The molecule has 0 saturated carbocycles. The number of carbonyl (C=O) groups excluding carboxylic acids is 1. The number of fused-ring (bicyclic) bond motifs is 1. The highest BCUT2D eigenvalue weighted by Crippen LogP contribution is 2.27. The van der Waals surface area contributed by atoms with Crippen LogP contribution in [0, 0.1) is 0 Å². The van der Waals surface area contributed by atoms with Crippen LogP contribution in [-0.4, -0.2) is 54.7 Å². The molecule has 2 saturated heterocycles. The van der Waals surface area contributed by atoms with Crippen LogP contribution < -0.4 is 4.90 Å². The Morgan fingerprint density at radius 2 is 2.38 bits per heavy atom. The number of hydrogen-bond acceptors (Lipinski definition) is 6. The van der Waals surface area contributed by atoms with Gasteiger partial charge >= 0.3 is 5.97 Å². The molecule has 1 aromatic rings. The summed E-state index contributed by atoms with van der Waals surface area (Å²) in [4.78, 5) is 21.1. The molecule has 0 aliphatic carbocycles. The summed E-state index contributed by atoms with van der Waals surface area (Å²) < 4.78 is 4.95. The average molecular weight is 309 g/mol. The Morgan fingerprint density at radius 3 is 3.24 bits per heavy atom. The number of rotatable bonds is 5. The molecular weight excluding hydrogens is 286 g/mol. The minimum absolute atomic E-state index is 0.133. The van der Waals surface area contributed by atoms with Crippen LogP contribution in [0.4, 0.5) is 5.13 Å². The number of thiazole rings is 1. The van der Waals surface area contributed by atoms with E-state index >= 15 is 0 Å². The molecule has 1 unspecified atom stereocenters. The molecule has 0 aromatic carbocycles. The molecule has 1 aromatic heterocycles. The summed E-state index contributed by atoms with van der Waals surface area (Å²) in [6.07, 6.45) is 3.75. The van der Waals surface area contributed by atoms with Crippen molar-refractivity contribution < 1.29 is 9.53 Å². The Kier molecular flexibility index (Phi) is 4.75. The average Bonchev–Trinajstić information content (AvgIpc) is 3.13. The lowest BCUT2D eigenvalue weighted by atomic mass is 10.2. The van der Waals surface area contributed by atoms with Gasteiger partial charge in [-0.05, 0) is 26.3 Å². The molecule has 0 radical (unpaired) electrons. The van der Waals surface area contributed by atoms with E-state index in [2.05, 4.69) is 15.2 Å². The van der Waals surface area contributed by atoms with E-state index in [1.165, 1.54) is 19.4 Å². The quantitative estimate of drug-likeness (QED) is 0.778. The van der Waals surface area contributed by atoms with Crippen molar-refractivity contribution in [3.8, 4) is 0 Å². The number of hydrogen-bond donors (Lipinski definition) is 0. The monoisotopic (exact) mass is 309 g/mol. The Hall–Kier alpha value is -1.14. The summed E-state index contributed by atoms with van der Waals surface area (Å²) in [5, 5.41) is 3.19. The minimum Gasteiger partial charge on any atom is -0.466 e. The fraction of sp³-hybridized carbons (Fsp3) is 0.733. The normalized spacial score (nSPS) is 22.3. The highest BCUT2D eigenvalue weighted by Gasteiger charge is 2.31. The van der Waals surface area contributed by atoms with Gasteiger partial charge in [0, 0.05) is 37.5 Å². The van der Waals surface area contributed by atoms with Gasteiger partial charge in [0.1, 0.15) is 0 Å². The SMILES string of the molecule is CCOC(=O)CCc1csc(N2CCN3CCCC3C2)n1. The Morgan fingerprint density at radius 1 is 1.48 bits per heavy atom. The number of piperazine rings is 1. The van der Waals surface area contributed by atoms with Gasteiger partial charge in [0.05, 0.1) is 18.7 Å². The lowest BCUT2D eigenvalue weighted by Gasteiger charge is -2.37. The fourth-order valence-electron chi connectivity index (χ4n) is 3.18. The molecule has 5 nitrogen and oxygen atoms in total. The molecule has 0 amide bonds. The number of aryl methyl sites for hydroxylation is 1. The molecule has 3 rings (SSSR count). The Labute approximate surface area is 129 Å². The second-order valence-electron chi connectivity index (χ2n) is 5.70. The van der Waals surface area contributed by atoms with Crippen molar-refractivity contribution in [3.63, 3.8) is 0 Å². The van der Waals surface area contributed by atoms with Crippen molar-refractivity contribution in [1.29, 1.82) is 0 Å². The van der Waals surface area contributed by atoms with Gasteiger partial charge in [-0.25, -0.2) is 4.98 Å². The molecule has 0 bridgehead atoms. The number of nitrogens with zero attached hydrogens (tertiary/aromatic N) is 3. The van der Waals surface area contributed by atoms with Crippen LogP contribution in [-0.2, 0) is 16.0 Å². The molecule has 1 atom stereocenters. The first-order valence-electron chi connectivity index (χ1n) is 7.85. The fourth-order valence-corrected chi connectivity index (χ4v) is 4.08.